The number of sulfonamides is 2. The molecule has 0 aromatic heterocycles. The highest BCUT2D eigenvalue weighted by Gasteiger charge is 2.16. The Morgan fingerprint density at radius 1 is 0.818 bits per heavy atom. The van der Waals surface area contributed by atoms with E-state index >= 15 is 0 Å². The van der Waals surface area contributed by atoms with Crippen LogP contribution < -0.4 is 15.2 Å². The van der Waals surface area contributed by atoms with Crippen LogP contribution in [-0.4, -0.2) is 58.5 Å². The third kappa shape index (κ3) is 11.8. The van der Waals surface area contributed by atoms with Crippen molar-refractivity contribution in [1.82, 2.24) is 5.32 Å². The SMILES string of the molecule is NS(=O)(=O)c1ccc(NS(=O)(=O)c2cccc(CCCCOCCCCCCNC[C@@H](O)c3ccc(O)c(CO)c3)c2)cc1. The summed E-state index contributed by atoms with van der Waals surface area (Å²) in [5, 5.41) is 37.5. The number of nitrogens with one attached hydrogen (secondary N) is 2. The standard InChI is InChI=1S/C31H43N3O8S2/c32-43(38,39)28-14-12-27(13-15-28)34-44(40,41)29-10-7-9-24(20-29)8-3-6-19-42-18-5-2-1-4-17-33-22-31(37)25-11-16-30(36)26(21-25)23-35/h7,9-16,20-21,31,33-37H,1-6,8,17-19,22-23H2,(H2,32,38,39)/t31-/m1/s1. The molecule has 0 radical (unpaired) electrons. The highest BCUT2D eigenvalue weighted by atomic mass is 32.2. The van der Waals surface area contributed by atoms with Gasteiger partial charge in [-0.1, -0.05) is 31.0 Å². The molecule has 0 aliphatic carbocycles. The van der Waals surface area contributed by atoms with E-state index in [1.807, 2.05) is 6.07 Å². The van der Waals surface area contributed by atoms with Gasteiger partial charge in [0.25, 0.3) is 10.0 Å². The van der Waals surface area contributed by atoms with Crippen molar-refractivity contribution in [2.24, 2.45) is 5.14 Å². The minimum Gasteiger partial charge on any atom is -0.508 e. The Labute approximate surface area is 260 Å². The van der Waals surface area contributed by atoms with Gasteiger partial charge in [-0.25, -0.2) is 22.0 Å². The molecule has 44 heavy (non-hydrogen) atoms. The molecule has 11 nitrogen and oxygen atoms in total. The summed E-state index contributed by atoms with van der Waals surface area (Å²) in [7, 11) is -7.71. The van der Waals surface area contributed by atoms with Crippen molar-refractivity contribution >= 4 is 25.7 Å². The fourth-order valence-electron chi connectivity index (χ4n) is 4.53. The van der Waals surface area contributed by atoms with Gasteiger partial charge in [0.2, 0.25) is 10.0 Å². The molecule has 0 unspecified atom stereocenters. The number of aliphatic hydroxyl groups excluding tert-OH is 2. The fraction of sp³-hybridized carbons (Fsp3) is 0.419. The molecular formula is C31H43N3O8S2. The molecule has 3 rings (SSSR count). The average Bonchev–Trinajstić information content (AvgIpc) is 2.99. The summed E-state index contributed by atoms with van der Waals surface area (Å²) in [6.45, 7) is 2.24. The molecule has 13 heteroatoms. The molecule has 0 aliphatic heterocycles. The maximum Gasteiger partial charge on any atom is 0.261 e. The molecule has 0 spiro atoms. The lowest BCUT2D eigenvalue weighted by molar-refractivity contribution is 0.126. The van der Waals surface area contributed by atoms with E-state index in [0.29, 0.717) is 37.3 Å². The third-order valence-corrected chi connectivity index (χ3v) is 9.34. The van der Waals surface area contributed by atoms with Crippen LogP contribution >= 0.6 is 0 Å². The van der Waals surface area contributed by atoms with Crippen LogP contribution in [0.2, 0.25) is 0 Å². The number of aromatic hydroxyl groups is 1. The molecule has 0 fully saturated rings. The predicted octanol–water partition coefficient (Wildman–Crippen LogP) is 3.56. The zero-order chi connectivity index (χ0) is 32.0. The largest absolute Gasteiger partial charge is 0.508 e. The number of nitrogens with two attached hydrogens (primary N) is 1. The molecule has 0 heterocycles. The summed E-state index contributed by atoms with van der Waals surface area (Å²) in [4.78, 5) is 0.0263. The Balaban J connectivity index is 1.23. The highest BCUT2D eigenvalue weighted by Crippen LogP contribution is 2.22. The lowest BCUT2D eigenvalue weighted by Crippen LogP contribution is -2.22. The van der Waals surface area contributed by atoms with Crippen LogP contribution in [0, 0.1) is 0 Å². The smallest absolute Gasteiger partial charge is 0.261 e. The van der Waals surface area contributed by atoms with Gasteiger partial charge in [0.1, 0.15) is 5.75 Å². The Kier molecular flexibility index (Phi) is 14.1. The normalized spacial score (nSPS) is 12.7. The quantitative estimate of drug-likeness (QED) is 0.0995. The lowest BCUT2D eigenvalue weighted by atomic mass is 10.1. The van der Waals surface area contributed by atoms with E-state index in [0.717, 1.165) is 50.6 Å². The lowest BCUT2D eigenvalue weighted by Gasteiger charge is -2.14. The highest BCUT2D eigenvalue weighted by molar-refractivity contribution is 7.92. The zero-order valence-corrected chi connectivity index (χ0v) is 26.3. The van der Waals surface area contributed by atoms with E-state index in [2.05, 4.69) is 10.0 Å². The summed E-state index contributed by atoms with van der Waals surface area (Å²) in [6, 6.07) is 16.7. The van der Waals surface area contributed by atoms with Crippen LogP contribution in [0.25, 0.3) is 0 Å². The van der Waals surface area contributed by atoms with Gasteiger partial charge >= 0.3 is 0 Å². The number of benzene rings is 3. The molecule has 0 bridgehead atoms. The molecule has 0 amide bonds. The summed E-state index contributed by atoms with van der Waals surface area (Å²) < 4.78 is 56.6. The van der Waals surface area contributed by atoms with Crippen molar-refractivity contribution in [3.8, 4) is 5.75 Å². The van der Waals surface area contributed by atoms with Crippen molar-refractivity contribution < 1.29 is 36.9 Å². The summed E-state index contributed by atoms with van der Waals surface area (Å²) in [5.41, 5.74) is 2.18. The van der Waals surface area contributed by atoms with Crippen LogP contribution in [0.1, 0.15) is 61.3 Å². The van der Waals surface area contributed by atoms with E-state index in [1.54, 1.807) is 24.3 Å². The number of hydrogen-bond acceptors (Lipinski definition) is 9. The summed E-state index contributed by atoms with van der Waals surface area (Å²) >= 11 is 0. The Hall–Kier alpha value is -3.04. The van der Waals surface area contributed by atoms with Crippen molar-refractivity contribution in [3.63, 3.8) is 0 Å². The Morgan fingerprint density at radius 2 is 1.52 bits per heavy atom. The molecule has 7 N–H and O–H groups in total. The first-order valence-electron chi connectivity index (χ1n) is 14.6. The molecular weight excluding hydrogens is 606 g/mol. The number of unbranched alkanes of at least 4 members (excludes halogenated alkanes) is 4. The maximum absolute atomic E-state index is 12.8. The number of rotatable bonds is 20. The molecule has 242 valence electrons. The van der Waals surface area contributed by atoms with Crippen molar-refractivity contribution in [2.45, 2.75) is 67.4 Å². The van der Waals surface area contributed by atoms with Crippen molar-refractivity contribution in [1.29, 1.82) is 0 Å². The fourth-order valence-corrected chi connectivity index (χ4v) is 6.18. The second-order valence-corrected chi connectivity index (χ2v) is 13.8. The van der Waals surface area contributed by atoms with E-state index in [1.165, 1.54) is 36.4 Å². The third-order valence-electron chi connectivity index (χ3n) is 7.04. The van der Waals surface area contributed by atoms with E-state index in [4.69, 9.17) is 9.88 Å². The average molecular weight is 650 g/mol. The van der Waals surface area contributed by atoms with Gasteiger partial charge in [-0.15, -0.1) is 0 Å². The number of phenols is 1. The molecule has 0 aliphatic rings. The van der Waals surface area contributed by atoms with Crippen LogP contribution in [0.15, 0.2) is 76.5 Å². The van der Waals surface area contributed by atoms with Gasteiger partial charge in [-0.05, 0) is 98.3 Å². The summed E-state index contributed by atoms with van der Waals surface area (Å²) in [5.74, 6) is 0.0173. The maximum atomic E-state index is 12.8. The molecule has 0 saturated carbocycles. The number of ether oxygens (including phenoxy) is 1. The number of hydrogen-bond donors (Lipinski definition) is 6. The first-order chi connectivity index (χ1) is 21.0. The van der Waals surface area contributed by atoms with E-state index in [-0.39, 0.29) is 27.8 Å². The van der Waals surface area contributed by atoms with Gasteiger partial charge in [-0.2, -0.15) is 0 Å². The van der Waals surface area contributed by atoms with Crippen LogP contribution in [0.4, 0.5) is 5.69 Å². The number of primary sulfonamides is 1. The van der Waals surface area contributed by atoms with Crippen LogP contribution in [0.3, 0.4) is 0 Å². The minimum absolute atomic E-state index is 0.0173. The Morgan fingerprint density at radius 3 is 2.23 bits per heavy atom. The second-order valence-electron chi connectivity index (χ2n) is 10.6. The van der Waals surface area contributed by atoms with E-state index in [9.17, 15) is 32.2 Å². The number of aliphatic hydroxyl groups is 2. The molecule has 3 aromatic carbocycles. The van der Waals surface area contributed by atoms with Crippen molar-refractivity contribution in [3.05, 3.63) is 83.4 Å². The zero-order valence-electron chi connectivity index (χ0n) is 24.7. The molecule has 1 atom stereocenters. The topological polar surface area (TPSA) is 188 Å². The Bertz CT molecular complexity index is 1530. The van der Waals surface area contributed by atoms with Gasteiger partial charge in [-0.3, -0.25) is 4.72 Å². The van der Waals surface area contributed by atoms with E-state index < -0.39 is 26.2 Å². The number of aryl methyl sites for hydroxylation is 1. The first-order valence-corrected chi connectivity index (χ1v) is 17.7. The predicted molar refractivity (Wildman–Crippen MR) is 169 cm³/mol. The minimum atomic E-state index is -3.86. The van der Waals surface area contributed by atoms with Gasteiger partial charge < -0.3 is 25.4 Å². The van der Waals surface area contributed by atoms with Crippen LogP contribution in [0.5, 0.6) is 5.75 Å². The van der Waals surface area contributed by atoms with Gasteiger partial charge in [0.05, 0.1) is 22.5 Å². The molecule has 3 aromatic rings. The van der Waals surface area contributed by atoms with Crippen LogP contribution in [-0.2, 0) is 37.8 Å². The molecule has 0 saturated heterocycles. The second kappa shape index (κ2) is 17.4. The van der Waals surface area contributed by atoms with Crippen molar-refractivity contribution in [2.75, 3.05) is 31.0 Å². The number of anilines is 1. The summed E-state index contributed by atoms with van der Waals surface area (Å²) in [6.07, 6.45) is 5.78. The van der Waals surface area contributed by atoms with Gasteiger partial charge in [0, 0.05) is 31.0 Å². The monoisotopic (exact) mass is 649 g/mol. The van der Waals surface area contributed by atoms with Gasteiger partial charge in [0.15, 0.2) is 0 Å². The first kappa shape index (κ1) is 35.4.